The number of primary amides is 1. The standard InChI is InChI=1S/C22H24F2N6O4.CH3NO/c23-17-10-15(30-13-16(14-31)34-22(30)33)11-18(24)21(17)29-8-6-28(7-9-29)20(32)2-1-4-27-5-3-26-12-19(27)25;2-1-3/h1,3-5,10-12,16,25,31H,2,6-9,13-14H2;1H,(H2,2,3)/b4-1+,25-19?;. The third kappa shape index (κ3) is 6.67. The quantitative estimate of drug-likeness (QED) is 0.462. The molecule has 3 heterocycles. The largest absolute Gasteiger partial charge is 0.441 e. The van der Waals surface area contributed by atoms with Crippen LogP contribution in [0.5, 0.6) is 0 Å². The van der Waals surface area contributed by atoms with Crippen LogP contribution in [0.25, 0.3) is 6.20 Å². The van der Waals surface area contributed by atoms with Gasteiger partial charge in [-0.15, -0.1) is 0 Å². The number of benzene rings is 1. The number of nitrogens with one attached hydrogen (secondary N) is 1. The van der Waals surface area contributed by atoms with Gasteiger partial charge in [-0.2, -0.15) is 0 Å². The second kappa shape index (κ2) is 12.6. The second-order valence-electron chi connectivity index (χ2n) is 8.02. The first-order valence-corrected chi connectivity index (χ1v) is 11.3. The summed E-state index contributed by atoms with van der Waals surface area (Å²) in [6.45, 7) is 0.726. The molecule has 1 aromatic carbocycles. The number of rotatable bonds is 6. The SMILES string of the molecule is N=c1cnccn1/C=C/CC(=O)N1CCN(c2c(F)cc(N3CC(CO)OC3=O)cc2F)CC1.NC=O. The third-order valence-electron chi connectivity index (χ3n) is 5.69. The van der Waals surface area contributed by atoms with Crippen molar-refractivity contribution in [3.63, 3.8) is 0 Å². The van der Waals surface area contributed by atoms with E-state index < -0.39 is 23.8 Å². The van der Waals surface area contributed by atoms with Gasteiger partial charge in [-0.1, -0.05) is 6.08 Å². The highest BCUT2D eigenvalue weighted by Gasteiger charge is 2.33. The first kappa shape index (κ1) is 27.3. The van der Waals surface area contributed by atoms with Crippen molar-refractivity contribution in [2.75, 3.05) is 49.1 Å². The Morgan fingerprint density at radius 1 is 1.24 bits per heavy atom. The van der Waals surface area contributed by atoms with E-state index in [-0.39, 0.29) is 61.8 Å². The highest BCUT2D eigenvalue weighted by molar-refractivity contribution is 5.90. The van der Waals surface area contributed by atoms with E-state index in [1.165, 1.54) is 21.9 Å². The Kier molecular flexibility index (Phi) is 9.27. The van der Waals surface area contributed by atoms with Crippen molar-refractivity contribution in [3.8, 4) is 0 Å². The molecule has 3 amide bonds. The van der Waals surface area contributed by atoms with Crippen molar-refractivity contribution < 1.29 is 33.0 Å². The van der Waals surface area contributed by atoms with Gasteiger partial charge in [0.1, 0.15) is 17.3 Å². The Bertz CT molecular complexity index is 1190. The van der Waals surface area contributed by atoms with Crippen LogP contribution >= 0.6 is 0 Å². The van der Waals surface area contributed by atoms with E-state index in [0.717, 1.165) is 17.0 Å². The molecule has 0 radical (unpaired) electrons. The molecule has 37 heavy (non-hydrogen) atoms. The zero-order valence-corrected chi connectivity index (χ0v) is 19.8. The number of carbonyl (C=O) groups excluding carboxylic acids is 3. The predicted octanol–water partition coefficient (Wildman–Crippen LogP) is 0.269. The summed E-state index contributed by atoms with van der Waals surface area (Å²) in [5, 5.41) is 16.9. The average Bonchev–Trinajstić information content (AvgIpc) is 3.26. The van der Waals surface area contributed by atoms with Crippen LogP contribution in [-0.2, 0) is 14.3 Å². The van der Waals surface area contributed by atoms with Gasteiger partial charge in [0.25, 0.3) is 0 Å². The van der Waals surface area contributed by atoms with E-state index in [1.807, 2.05) is 0 Å². The Morgan fingerprint density at radius 2 is 1.89 bits per heavy atom. The number of hydrogen-bond acceptors (Lipinski definition) is 8. The molecule has 198 valence electrons. The van der Waals surface area contributed by atoms with E-state index in [0.29, 0.717) is 13.1 Å². The molecule has 12 nitrogen and oxygen atoms in total. The summed E-state index contributed by atoms with van der Waals surface area (Å²) in [5.74, 6) is -1.77. The number of aromatic nitrogens is 2. The van der Waals surface area contributed by atoms with Gasteiger partial charge in [0, 0.05) is 63.3 Å². The molecule has 0 spiro atoms. The van der Waals surface area contributed by atoms with Gasteiger partial charge in [-0.3, -0.25) is 24.9 Å². The number of nitrogens with zero attached hydrogens (tertiary/aromatic N) is 5. The van der Waals surface area contributed by atoms with Crippen molar-refractivity contribution >= 4 is 36.0 Å². The van der Waals surface area contributed by atoms with Gasteiger partial charge in [0.15, 0.2) is 11.6 Å². The molecule has 1 unspecified atom stereocenters. The molecule has 2 fully saturated rings. The summed E-state index contributed by atoms with van der Waals surface area (Å²) in [6, 6.07) is 2.14. The molecule has 0 bridgehead atoms. The van der Waals surface area contributed by atoms with Crippen molar-refractivity contribution in [1.29, 1.82) is 5.41 Å². The Balaban J connectivity index is 0.00000121. The molecule has 1 atom stereocenters. The second-order valence-corrected chi connectivity index (χ2v) is 8.02. The van der Waals surface area contributed by atoms with E-state index in [1.54, 1.807) is 23.4 Å². The van der Waals surface area contributed by atoms with E-state index in [9.17, 15) is 18.4 Å². The van der Waals surface area contributed by atoms with Gasteiger partial charge in [0.05, 0.1) is 25.0 Å². The number of carbonyl (C=O) groups is 3. The van der Waals surface area contributed by atoms with Gasteiger partial charge >= 0.3 is 6.09 Å². The predicted molar refractivity (Wildman–Crippen MR) is 128 cm³/mol. The van der Waals surface area contributed by atoms with Crippen molar-refractivity contribution in [3.05, 3.63) is 53.9 Å². The minimum Gasteiger partial charge on any atom is -0.441 e. The van der Waals surface area contributed by atoms with Crippen LogP contribution in [0.2, 0.25) is 0 Å². The number of nitrogens with two attached hydrogens (primary N) is 1. The van der Waals surface area contributed by atoms with Crippen LogP contribution in [0.1, 0.15) is 6.42 Å². The smallest absolute Gasteiger partial charge is 0.414 e. The minimum absolute atomic E-state index is 0.00552. The number of ether oxygens (including phenoxy) is 1. The molecular weight excluding hydrogens is 492 g/mol. The van der Waals surface area contributed by atoms with Crippen LogP contribution in [0, 0.1) is 17.0 Å². The zero-order valence-electron chi connectivity index (χ0n) is 19.8. The number of aliphatic hydroxyl groups excluding tert-OH is 1. The summed E-state index contributed by atoms with van der Waals surface area (Å²) >= 11 is 0. The molecule has 2 aliphatic rings. The van der Waals surface area contributed by atoms with Gasteiger partial charge in [-0.05, 0) is 0 Å². The lowest BCUT2D eigenvalue weighted by atomic mass is 10.2. The lowest BCUT2D eigenvalue weighted by Crippen LogP contribution is -2.49. The Hall–Kier alpha value is -4.33. The molecule has 14 heteroatoms. The third-order valence-corrected chi connectivity index (χ3v) is 5.69. The molecule has 4 rings (SSSR count). The maximum Gasteiger partial charge on any atom is 0.414 e. The van der Waals surface area contributed by atoms with Crippen molar-refractivity contribution in [1.82, 2.24) is 14.5 Å². The fourth-order valence-corrected chi connectivity index (χ4v) is 3.91. The first-order chi connectivity index (χ1) is 17.8. The summed E-state index contributed by atoms with van der Waals surface area (Å²) in [5.41, 5.74) is 4.16. The first-order valence-electron chi connectivity index (χ1n) is 11.3. The van der Waals surface area contributed by atoms with Crippen LogP contribution in [-0.4, -0.2) is 83.4 Å². The number of amides is 3. The monoisotopic (exact) mass is 519 g/mol. The molecule has 0 aliphatic carbocycles. The maximum atomic E-state index is 14.8. The fraction of sp³-hybridized carbons (Fsp3) is 0.348. The highest BCUT2D eigenvalue weighted by atomic mass is 19.1. The zero-order chi connectivity index (χ0) is 26.9. The molecule has 2 saturated heterocycles. The van der Waals surface area contributed by atoms with Crippen LogP contribution in [0.15, 0.2) is 36.8 Å². The number of aliphatic hydroxyl groups is 1. The topological polar surface area (TPSA) is 158 Å². The van der Waals surface area contributed by atoms with Gasteiger partial charge in [0.2, 0.25) is 12.3 Å². The average molecular weight is 520 g/mol. The summed E-state index contributed by atoms with van der Waals surface area (Å²) in [4.78, 5) is 41.1. The van der Waals surface area contributed by atoms with Crippen molar-refractivity contribution in [2.45, 2.75) is 12.5 Å². The molecule has 2 aliphatic heterocycles. The number of halogens is 2. The van der Waals surface area contributed by atoms with Crippen LogP contribution in [0.3, 0.4) is 0 Å². The molecular formula is C23H27F2N7O5. The Morgan fingerprint density at radius 3 is 2.46 bits per heavy atom. The van der Waals surface area contributed by atoms with Gasteiger partial charge < -0.3 is 29.9 Å². The lowest BCUT2D eigenvalue weighted by molar-refractivity contribution is -0.130. The van der Waals surface area contributed by atoms with E-state index in [4.69, 9.17) is 20.0 Å². The van der Waals surface area contributed by atoms with Gasteiger partial charge in [-0.25, -0.2) is 13.6 Å². The highest BCUT2D eigenvalue weighted by Crippen LogP contribution is 2.31. The Labute approximate surface area is 210 Å². The van der Waals surface area contributed by atoms with E-state index >= 15 is 0 Å². The van der Waals surface area contributed by atoms with Crippen LogP contribution < -0.4 is 21.0 Å². The number of cyclic esters (lactones) is 1. The summed E-state index contributed by atoms with van der Waals surface area (Å²) in [7, 11) is 0. The minimum atomic E-state index is -0.821. The number of piperazine rings is 1. The molecule has 1 aromatic heterocycles. The molecule has 0 saturated carbocycles. The van der Waals surface area contributed by atoms with E-state index in [2.05, 4.69) is 10.7 Å². The maximum absolute atomic E-state index is 14.8. The number of anilines is 2. The molecule has 4 N–H and O–H groups in total. The normalized spacial score (nSPS) is 17.4. The van der Waals surface area contributed by atoms with Crippen LogP contribution in [0.4, 0.5) is 25.0 Å². The molecule has 2 aromatic rings. The fourth-order valence-electron chi connectivity index (χ4n) is 3.91. The summed E-state index contributed by atoms with van der Waals surface area (Å²) < 4.78 is 36.1. The lowest BCUT2D eigenvalue weighted by Gasteiger charge is -2.36. The number of hydrogen-bond donors (Lipinski definition) is 3. The summed E-state index contributed by atoms with van der Waals surface area (Å²) in [6.07, 6.45) is 6.67. The van der Waals surface area contributed by atoms with Crippen molar-refractivity contribution in [2.24, 2.45) is 5.73 Å².